The second kappa shape index (κ2) is 11.8. The quantitative estimate of drug-likeness (QED) is 0.172. The minimum atomic E-state index is -1.33. The highest BCUT2D eigenvalue weighted by atomic mass is 19.1. The highest BCUT2D eigenvalue weighted by Gasteiger charge is 2.32. The molecule has 1 heterocycles. The molecule has 0 spiro atoms. The average molecular weight is 542 g/mol. The third-order valence-electron chi connectivity index (χ3n) is 7.52. The number of nitrogens with zero attached hydrogens (tertiary/aromatic N) is 3. The van der Waals surface area contributed by atoms with Crippen molar-refractivity contribution in [3.8, 4) is 11.1 Å². The normalized spacial score (nSPS) is 14.9. The zero-order valence-electron chi connectivity index (χ0n) is 22.6. The molecule has 1 unspecified atom stereocenters. The summed E-state index contributed by atoms with van der Waals surface area (Å²) in [4.78, 5) is 26.7. The summed E-state index contributed by atoms with van der Waals surface area (Å²) in [7, 11) is 3.16. The molecule has 0 aliphatic heterocycles. The monoisotopic (exact) mass is 541 g/mol. The lowest BCUT2D eigenvalue weighted by molar-refractivity contribution is -0.134. The maximum Gasteiger partial charge on any atom is 0.330 e. The van der Waals surface area contributed by atoms with Crippen molar-refractivity contribution < 1.29 is 23.8 Å². The van der Waals surface area contributed by atoms with Gasteiger partial charge in [0.25, 0.3) is 0 Å². The Bertz CT molecular complexity index is 1550. The summed E-state index contributed by atoms with van der Waals surface area (Å²) >= 11 is 0. The third kappa shape index (κ3) is 5.82. The molecule has 1 N–H and O–H groups in total. The molecule has 0 bridgehead atoms. The van der Waals surface area contributed by atoms with Crippen LogP contribution in [0.3, 0.4) is 0 Å². The fraction of sp³-hybridized carbons (Fsp3) is 0.281. The molecule has 1 aliphatic rings. The van der Waals surface area contributed by atoms with Crippen molar-refractivity contribution in [3.63, 3.8) is 0 Å². The molecule has 206 valence electrons. The number of rotatable bonds is 7. The first-order valence-corrected chi connectivity index (χ1v) is 13.4. The van der Waals surface area contributed by atoms with Crippen LogP contribution in [0.15, 0.2) is 72.9 Å². The molecule has 4 aromatic rings. The van der Waals surface area contributed by atoms with Crippen LogP contribution in [-0.2, 0) is 21.4 Å². The smallest absolute Gasteiger partial charge is 0.330 e. The van der Waals surface area contributed by atoms with Gasteiger partial charge in [0.15, 0.2) is 6.23 Å². The van der Waals surface area contributed by atoms with Gasteiger partial charge in [-0.3, -0.25) is 14.4 Å². The molecule has 1 amide bonds. The van der Waals surface area contributed by atoms with Gasteiger partial charge in [0, 0.05) is 30.0 Å². The number of halogens is 1. The zero-order valence-corrected chi connectivity index (χ0v) is 22.6. The number of aliphatic hydroxyl groups is 1. The van der Waals surface area contributed by atoms with Crippen LogP contribution in [0.2, 0.25) is 0 Å². The van der Waals surface area contributed by atoms with Gasteiger partial charge in [-0.05, 0) is 65.9 Å². The first-order chi connectivity index (χ1) is 19.3. The fourth-order valence-corrected chi connectivity index (χ4v) is 5.34. The van der Waals surface area contributed by atoms with E-state index in [1.165, 1.54) is 36.3 Å². The van der Waals surface area contributed by atoms with Gasteiger partial charge in [-0.25, -0.2) is 9.18 Å². The topological polar surface area (TPSA) is 84.7 Å². The van der Waals surface area contributed by atoms with E-state index >= 15 is 0 Å². The van der Waals surface area contributed by atoms with Crippen LogP contribution in [0.4, 0.5) is 10.1 Å². The molecule has 0 radical (unpaired) electrons. The number of methoxy groups -OCH3 is 1. The van der Waals surface area contributed by atoms with E-state index in [1.54, 1.807) is 18.2 Å². The first kappa shape index (κ1) is 27.3. The number of benzene rings is 3. The van der Waals surface area contributed by atoms with E-state index in [1.807, 2.05) is 42.2 Å². The lowest BCUT2D eigenvalue weighted by Crippen LogP contribution is -2.40. The van der Waals surface area contributed by atoms with Gasteiger partial charge in [0.2, 0.25) is 5.91 Å². The van der Waals surface area contributed by atoms with Crippen molar-refractivity contribution in [1.29, 1.82) is 0 Å². The Hall–Kier alpha value is -4.30. The number of carbonyl (C=O) groups is 2. The Labute approximate surface area is 232 Å². The van der Waals surface area contributed by atoms with E-state index in [2.05, 4.69) is 15.9 Å². The Kier molecular flexibility index (Phi) is 8.07. The zero-order chi connectivity index (χ0) is 28.2. The van der Waals surface area contributed by atoms with Gasteiger partial charge in [0.1, 0.15) is 5.82 Å². The summed E-state index contributed by atoms with van der Waals surface area (Å²) in [6, 6.07) is 17.5. The Balaban J connectivity index is 1.48. The fourth-order valence-electron chi connectivity index (χ4n) is 5.34. The predicted molar refractivity (Wildman–Crippen MR) is 153 cm³/mol. The van der Waals surface area contributed by atoms with Crippen LogP contribution in [0.1, 0.15) is 49.5 Å². The molecule has 40 heavy (non-hydrogen) atoms. The van der Waals surface area contributed by atoms with Crippen LogP contribution < -0.4 is 4.90 Å². The molecule has 1 saturated carbocycles. The molecule has 1 fully saturated rings. The molecular weight excluding hydrogens is 509 g/mol. The number of fused-ring (bicyclic) bond motifs is 1. The molecule has 7 nitrogen and oxygen atoms in total. The van der Waals surface area contributed by atoms with Gasteiger partial charge in [-0.15, -0.1) is 0 Å². The Morgan fingerprint density at radius 3 is 2.50 bits per heavy atom. The van der Waals surface area contributed by atoms with Crippen LogP contribution in [0.5, 0.6) is 0 Å². The van der Waals surface area contributed by atoms with Crippen LogP contribution in [0, 0.1) is 11.7 Å². The maximum absolute atomic E-state index is 14.7. The van der Waals surface area contributed by atoms with Gasteiger partial charge in [0.05, 0.1) is 24.5 Å². The second-order valence-electron chi connectivity index (χ2n) is 10.2. The van der Waals surface area contributed by atoms with E-state index in [0.29, 0.717) is 11.1 Å². The molecule has 1 aliphatic carbocycles. The summed E-state index contributed by atoms with van der Waals surface area (Å²) < 4.78 is 21.2. The molecule has 1 atom stereocenters. The second-order valence-corrected chi connectivity index (χ2v) is 10.2. The average Bonchev–Trinajstić information content (AvgIpc) is 3.36. The molecule has 3 aromatic carbocycles. The predicted octanol–water partition coefficient (Wildman–Crippen LogP) is 6.17. The standard InChI is InChI=1S/C32H32FN3O4/c1-35-29-14-13-25(18-26(29)20-34-35)22-9-11-24(12-10-22)32(39)36(31(38)23-6-4-3-5-7-23)28-17-21(16-27(33)19-28)8-15-30(37)40-2/h8-20,23,32,39H,3-7H2,1-2H3/b15-8+. The Morgan fingerprint density at radius 2 is 1.77 bits per heavy atom. The van der Waals surface area contributed by atoms with Crippen molar-refractivity contribution in [2.75, 3.05) is 12.0 Å². The molecule has 1 aromatic heterocycles. The van der Waals surface area contributed by atoms with Crippen LogP contribution >= 0.6 is 0 Å². The van der Waals surface area contributed by atoms with E-state index in [-0.39, 0.29) is 17.5 Å². The molecule has 0 saturated heterocycles. The van der Waals surface area contributed by atoms with Gasteiger partial charge in [-0.1, -0.05) is 49.6 Å². The van der Waals surface area contributed by atoms with E-state index in [9.17, 15) is 19.1 Å². The van der Waals surface area contributed by atoms with Crippen molar-refractivity contribution in [1.82, 2.24) is 9.78 Å². The Morgan fingerprint density at radius 1 is 1.05 bits per heavy atom. The summed E-state index contributed by atoms with van der Waals surface area (Å²) in [6.45, 7) is 0. The number of anilines is 1. The number of esters is 1. The first-order valence-electron chi connectivity index (χ1n) is 13.4. The molecular formula is C32H32FN3O4. The number of ether oxygens (including phenoxy) is 1. The minimum absolute atomic E-state index is 0.221. The van der Waals surface area contributed by atoms with Crippen LogP contribution in [0.25, 0.3) is 28.1 Å². The lowest BCUT2D eigenvalue weighted by Gasteiger charge is -2.33. The van der Waals surface area contributed by atoms with E-state index < -0.39 is 18.0 Å². The van der Waals surface area contributed by atoms with E-state index in [0.717, 1.165) is 54.1 Å². The van der Waals surface area contributed by atoms with Crippen molar-refractivity contribution >= 4 is 34.5 Å². The lowest BCUT2D eigenvalue weighted by atomic mass is 9.88. The minimum Gasteiger partial charge on any atom is -0.466 e. The highest BCUT2D eigenvalue weighted by molar-refractivity contribution is 5.96. The number of aromatic nitrogens is 2. The third-order valence-corrected chi connectivity index (χ3v) is 7.52. The van der Waals surface area contributed by atoms with Crippen molar-refractivity contribution in [2.45, 2.75) is 38.3 Å². The maximum atomic E-state index is 14.7. The number of hydrogen-bond donors (Lipinski definition) is 1. The number of amides is 1. The number of aryl methyl sites for hydroxylation is 1. The number of hydrogen-bond acceptors (Lipinski definition) is 5. The van der Waals surface area contributed by atoms with Crippen molar-refractivity contribution in [2.24, 2.45) is 13.0 Å². The van der Waals surface area contributed by atoms with Gasteiger partial charge in [-0.2, -0.15) is 5.10 Å². The molecule has 8 heteroatoms. The number of aliphatic hydroxyl groups excluding tert-OH is 1. The van der Waals surface area contributed by atoms with E-state index in [4.69, 9.17) is 0 Å². The molecule has 5 rings (SSSR count). The largest absolute Gasteiger partial charge is 0.466 e. The summed E-state index contributed by atoms with van der Waals surface area (Å²) in [5, 5.41) is 16.9. The van der Waals surface area contributed by atoms with Gasteiger partial charge >= 0.3 is 5.97 Å². The highest BCUT2D eigenvalue weighted by Crippen LogP contribution is 2.34. The SMILES string of the molecule is COC(=O)/C=C/c1cc(F)cc(N(C(=O)C2CCCCC2)C(O)c2ccc(-c3ccc4c(cnn4C)c3)cc2)c1. The summed E-state index contributed by atoms with van der Waals surface area (Å²) in [6.07, 6.45) is 7.49. The number of carbonyl (C=O) groups excluding carboxylic acids is 2. The van der Waals surface area contributed by atoms with Gasteiger partial charge < -0.3 is 9.84 Å². The summed E-state index contributed by atoms with van der Waals surface area (Å²) in [5.74, 6) is -1.67. The summed E-state index contributed by atoms with van der Waals surface area (Å²) in [5.41, 5.74) is 4.08. The van der Waals surface area contributed by atoms with Crippen molar-refractivity contribution in [3.05, 3.63) is 89.9 Å². The van der Waals surface area contributed by atoms with Crippen LogP contribution in [-0.4, -0.2) is 33.9 Å².